The van der Waals surface area contributed by atoms with Crippen molar-refractivity contribution in [3.63, 3.8) is 0 Å². The lowest BCUT2D eigenvalue weighted by molar-refractivity contribution is 0.102. The molecule has 0 saturated carbocycles. The van der Waals surface area contributed by atoms with Crippen molar-refractivity contribution < 1.29 is 9.18 Å². The maximum Gasteiger partial charge on any atom is 0.274 e. The largest absolute Gasteiger partial charge is 0.321 e. The Kier molecular flexibility index (Phi) is 3.53. The van der Waals surface area contributed by atoms with Gasteiger partial charge in [-0.15, -0.1) is 0 Å². The van der Waals surface area contributed by atoms with Crippen LogP contribution in [0.25, 0.3) is 0 Å². The van der Waals surface area contributed by atoms with Crippen LogP contribution in [0.1, 0.15) is 21.6 Å². The zero-order valence-electron chi connectivity index (χ0n) is 10.1. The molecule has 2 rings (SSSR count). The monoisotopic (exact) mass is 255 g/mol. The summed E-state index contributed by atoms with van der Waals surface area (Å²) in [7, 11) is 0. The van der Waals surface area contributed by atoms with Crippen LogP contribution in [0, 0.1) is 24.1 Å². The molecule has 4 nitrogen and oxygen atoms in total. The van der Waals surface area contributed by atoms with Crippen LogP contribution in [0.15, 0.2) is 36.5 Å². The minimum atomic E-state index is -0.450. The summed E-state index contributed by atoms with van der Waals surface area (Å²) >= 11 is 0. The Morgan fingerprint density at radius 1 is 1.37 bits per heavy atom. The van der Waals surface area contributed by atoms with Crippen molar-refractivity contribution in [3.8, 4) is 6.07 Å². The lowest BCUT2D eigenvalue weighted by Crippen LogP contribution is -2.13. The molecule has 0 saturated heterocycles. The van der Waals surface area contributed by atoms with Gasteiger partial charge in [-0.1, -0.05) is 0 Å². The first kappa shape index (κ1) is 12.7. The number of nitrogens with zero attached hydrogens (tertiary/aromatic N) is 2. The average Bonchev–Trinajstić information content (AvgIpc) is 2.37. The number of halogens is 1. The van der Waals surface area contributed by atoms with Crippen LogP contribution in [0.3, 0.4) is 0 Å². The van der Waals surface area contributed by atoms with Gasteiger partial charge in [0.1, 0.15) is 17.6 Å². The van der Waals surface area contributed by atoms with E-state index in [2.05, 4.69) is 10.3 Å². The van der Waals surface area contributed by atoms with E-state index in [4.69, 9.17) is 5.26 Å². The second kappa shape index (κ2) is 5.27. The van der Waals surface area contributed by atoms with Crippen LogP contribution in [-0.4, -0.2) is 10.9 Å². The van der Waals surface area contributed by atoms with E-state index >= 15 is 0 Å². The number of pyridine rings is 1. The Balaban J connectivity index is 2.18. The highest BCUT2D eigenvalue weighted by atomic mass is 19.1. The second-order valence-corrected chi connectivity index (χ2v) is 4.02. The summed E-state index contributed by atoms with van der Waals surface area (Å²) in [6.07, 6.45) is 1.31. The average molecular weight is 255 g/mol. The van der Waals surface area contributed by atoms with Crippen LogP contribution in [0.5, 0.6) is 0 Å². The topological polar surface area (TPSA) is 65.8 Å². The van der Waals surface area contributed by atoms with Crippen molar-refractivity contribution in [2.75, 3.05) is 5.32 Å². The number of nitrogens with one attached hydrogen (secondary N) is 1. The molecule has 0 fully saturated rings. The number of anilines is 1. The highest BCUT2D eigenvalue weighted by Gasteiger charge is 2.08. The van der Waals surface area contributed by atoms with E-state index in [1.54, 1.807) is 13.0 Å². The number of carbonyl (C=O) groups is 1. The second-order valence-electron chi connectivity index (χ2n) is 4.02. The van der Waals surface area contributed by atoms with E-state index in [1.807, 2.05) is 6.07 Å². The van der Waals surface area contributed by atoms with Gasteiger partial charge in [0, 0.05) is 11.9 Å². The van der Waals surface area contributed by atoms with Gasteiger partial charge < -0.3 is 5.32 Å². The van der Waals surface area contributed by atoms with Gasteiger partial charge in [-0.25, -0.2) is 9.37 Å². The standard InChI is InChI=1S/C14H10FN3O/c1-9-4-11(15)6-12(5-9)18-14(19)13-3-2-10(7-16)8-17-13/h2-6,8H,1H3,(H,18,19). The molecule has 0 unspecified atom stereocenters. The lowest BCUT2D eigenvalue weighted by atomic mass is 10.2. The van der Waals surface area contributed by atoms with Crippen molar-refractivity contribution in [1.29, 1.82) is 5.26 Å². The molecule has 94 valence electrons. The quantitative estimate of drug-likeness (QED) is 0.897. The lowest BCUT2D eigenvalue weighted by Gasteiger charge is -2.06. The van der Waals surface area contributed by atoms with Gasteiger partial charge in [0.15, 0.2) is 0 Å². The highest BCUT2D eigenvalue weighted by Crippen LogP contribution is 2.14. The summed E-state index contributed by atoms with van der Waals surface area (Å²) in [6, 6.07) is 9.12. The van der Waals surface area contributed by atoms with Crippen molar-refractivity contribution in [3.05, 3.63) is 59.2 Å². The predicted molar refractivity (Wildman–Crippen MR) is 68.0 cm³/mol. The fourth-order valence-electron chi connectivity index (χ4n) is 1.60. The Bertz CT molecular complexity index is 639. The summed E-state index contributed by atoms with van der Waals surface area (Å²) < 4.78 is 13.2. The first-order valence-corrected chi connectivity index (χ1v) is 5.53. The smallest absolute Gasteiger partial charge is 0.274 e. The Hall–Kier alpha value is -2.74. The highest BCUT2D eigenvalue weighted by molar-refractivity contribution is 6.02. The SMILES string of the molecule is Cc1cc(F)cc(NC(=O)c2ccc(C#N)cn2)c1. The van der Waals surface area contributed by atoms with Gasteiger partial charge >= 0.3 is 0 Å². The fourth-order valence-corrected chi connectivity index (χ4v) is 1.60. The van der Waals surface area contributed by atoms with Gasteiger partial charge in [0.05, 0.1) is 5.56 Å². The Morgan fingerprint density at radius 2 is 2.16 bits per heavy atom. The summed E-state index contributed by atoms with van der Waals surface area (Å²) in [6.45, 7) is 1.73. The molecule has 0 spiro atoms. The molecule has 2 aromatic rings. The van der Waals surface area contributed by atoms with Crippen LogP contribution in [0.2, 0.25) is 0 Å². The van der Waals surface area contributed by atoms with Gasteiger partial charge in [-0.2, -0.15) is 5.26 Å². The van der Waals surface area contributed by atoms with Crippen LogP contribution < -0.4 is 5.32 Å². The molecule has 1 amide bonds. The number of hydrogen-bond acceptors (Lipinski definition) is 3. The van der Waals surface area contributed by atoms with Crippen molar-refractivity contribution in [1.82, 2.24) is 4.98 Å². The molecule has 1 N–H and O–H groups in total. The normalized spacial score (nSPS) is 9.74. The third-order valence-electron chi connectivity index (χ3n) is 2.43. The predicted octanol–water partition coefficient (Wildman–Crippen LogP) is 2.65. The van der Waals surface area contributed by atoms with E-state index < -0.39 is 11.7 Å². The maximum absolute atomic E-state index is 13.2. The van der Waals surface area contributed by atoms with E-state index in [-0.39, 0.29) is 5.69 Å². The molecule has 5 heteroatoms. The number of nitriles is 1. The van der Waals surface area contributed by atoms with Crippen molar-refractivity contribution in [2.24, 2.45) is 0 Å². The molecule has 0 atom stereocenters. The minimum Gasteiger partial charge on any atom is -0.321 e. The molecule has 0 aliphatic heterocycles. The minimum absolute atomic E-state index is 0.168. The molecule has 1 aromatic carbocycles. The third-order valence-corrected chi connectivity index (χ3v) is 2.43. The number of amides is 1. The maximum atomic E-state index is 13.2. The molecular formula is C14H10FN3O. The van der Waals surface area contributed by atoms with Gasteiger partial charge in [-0.05, 0) is 42.8 Å². The molecule has 0 bridgehead atoms. The van der Waals surface area contributed by atoms with E-state index in [0.29, 0.717) is 16.8 Å². The number of aromatic nitrogens is 1. The van der Waals surface area contributed by atoms with Gasteiger partial charge in [-0.3, -0.25) is 4.79 Å². The number of carbonyl (C=O) groups excluding carboxylic acids is 1. The molecular weight excluding hydrogens is 245 g/mol. The van der Waals surface area contributed by atoms with Crippen LogP contribution in [0.4, 0.5) is 10.1 Å². The number of hydrogen-bond donors (Lipinski definition) is 1. The third kappa shape index (κ3) is 3.13. The number of aryl methyl sites for hydroxylation is 1. The summed E-state index contributed by atoms with van der Waals surface area (Å²) in [5.41, 5.74) is 1.62. The zero-order valence-corrected chi connectivity index (χ0v) is 10.1. The zero-order chi connectivity index (χ0) is 13.8. The molecule has 1 heterocycles. The van der Waals surface area contributed by atoms with Gasteiger partial charge in [0.25, 0.3) is 5.91 Å². The summed E-state index contributed by atoms with van der Waals surface area (Å²) in [4.78, 5) is 15.7. The van der Waals surface area contributed by atoms with Gasteiger partial charge in [0.2, 0.25) is 0 Å². The number of rotatable bonds is 2. The van der Waals surface area contributed by atoms with Crippen LogP contribution in [-0.2, 0) is 0 Å². The summed E-state index contributed by atoms with van der Waals surface area (Å²) in [5.74, 6) is -0.863. The summed E-state index contributed by atoms with van der Waals surface area (Å²) in [5, 5.41) is 11.2. The fraction of sp³-hybridized carbons (Fsp3) is 0.0714. The molecule has 0 aliphatic rings. The molecule has 19 heavy (non-hydrogen) atoms. The molecule has 0 radical (unpaired) electrons. The first-order chi connectivity index (χ1) is 9.08. The first-order valence-electron chi connectivity index (χ1n) is 5.53. The van der Waals surface area contributed by atoms with E-state index in [0.717, 1.165) is 0 Å². The number of benzene rings is 1. The van der Waals surface area contributed by atoms with Crippen molar-refractivity contribution in [2.45, 2.75) is 6.92 Å². The van der Waals surface area contributed by atoms with E-state index in [1.165, 1.54) is 30.5 Å². The molecule has 0 aliphatic carbocycles. The molecule has 1 aromatic heterocycles. The Morgan fingerprint density at radius 3 is 2.74 bits per heavy atom. The van der Waals surface area contributed by atoms with Crippen molar-refractivity contribution >= 4 is 11.6 Å². The van der Waals surface area contributed by atoms with E-state index in [9.17, 15) is 9.18 Å². The Labute approximate surface area is 109 Å². The van der Waals surface area contributed by atoms with Crippen LogP contribution >= 0.6 is 0 Å².